The van der Waals surface area contributed by atoms with Crippen LogP contribution in [0.1, 0.15) is 36.5 Å². The van der Waals surface area contributed by atoms with Crippen LogP contribution in [0.15, 0.2) is 24.3 Å². The molecule has 1 aromatic carbocycles. The van der Waals surface area contributed by atoms with Crippen LogP contribution in [0.2, 0.25) is 0 Å². The number of carbonyl (C=O) groups excluding carboxylic acids is 2. The Hall–Kier alpha value is -1.88. The number of nitrogens with zero attached hydrogens (tertiary/aromatic N) is 1. The van der Waals surface area contributed by atoms with Gasteiger partial charge in [-0.2, -0.15) is 0 Å². The minimum Gasteiger partial charge on any atom is -0.352 e. The second kappa shape index (κ2) is 7.94. The first-order valence-corrected chi connectivity index (χ1v) is 7.98. The zero-order valence-corrected chi connectivity index (χ0v) is 13.4. The van der Waals surface area contributed by atoms with Crippen molar-refractivity contribution in [3.05, 3.63) is 29.8 Å². The second-order valence-corrected chi connectivity index (χ2v) is 5.89. The summed E-state index contributed by atoms with van der Waals surface area (Å²) < 4.78 is 0. The van der Waals surface area contributed by atoms with E-state index < -0.39 is 0 Å². The molecule has 2 amide bonds. The van der Waals surface area contributed by atoms with Gasteiger partial charge in [0.15, 0.2) is 0 Å². The predicted molar refractivity (Wildman–Crippen MR) is 87.9 cm³/mol. The first-order valence-electron chi connectivity index (χ1n) is 7.98. The minimum absolute atomic E-state index is 0.00212. The molecule has 1 heterocycles. The fraction of sp³-hybridized carbons (Fsp3) is 0.529. The number of amides is 2. The molecule has 0 saturated carbocycles. The molecule has 0 aromatic heterocycles. The number of hydrogen-bond acceptors (Lipinski definition) is 3. The smallest absolute Gasteiger partial charge is 0.253 e. The zero-order chi connectivity index (χ0) is 15.9. The average molecular weight is 303 g/mol. The highest BCUT2D eigenvalue weighted by atomic mass is 16.2. The molecule has 0 spiro atoms. The van der Waals surface area contributed by atoms with Gasteiger partial charge < -0.3 is 15.5 Å². The summed E-state index contributed by atoms with van der Waals surface area (Å²) in [5.41, 5.74) is 1.11. The molecule has 2 N–H and O–H groups in total. The van der Waals surface area contributed by atoms with Crippen LogP contribution in [0, 0.1) is 5.92 Å². The third kappa shape index (κ3) is 4.31. The Bertz CT molecular complexity index is 530. The normalized spacial score (nSPS) is 18.7. The van der Waals surface area contributed by atoms with Crippen LogP contribution in [0.4, 0.5) is 5.69 Å². The van der Waals surface area contributed by atoms with E-state index in [0.29, 0.717) is 17.8 Å². The van der Waals surface area contributed by atoms with Crippen LogP contribution in [0.3, 0.4) is 0 Å². The molecule has 22 heavy (non-hydrogen) atoms. The van der Waals surface area contributed by atoms with E-state index in [9.17, 15) is 9.59 Å². The van der Waals surface area contributed by atoms with Gasteiger partial charge in [0.05, 0.1) is 17.2 Å². The van der Waals surface area contributed by atoms with Crippen molar-refractivity contribution >= 4 is 17.5 Å². The molecule has 1 saturated heterocycles. The number of hydrogen-bond donors (Lipinski definition) is 2. The summed E-state index contributed by atoms with van der Waals surface area (Å²) in [5, 5.41) is 5.78. The van der Waals surface area contributed by atoms with Crippen LogP contribution in [0.5, 0.6) is 0 Å². The Balaban J connectivity index is 2.05. The lowest BCUT2D eigenvalue weighted by Gasteiger charge is -2.28. The highest BCUT2D eigenvalue weighted by molar-refractivity contribution is 6.04. The quantitative estimate of drug-likeness (QED) is 0.876. The Morgan fingerprint density at radius 3 is 2.82 bits per heavy atom. The van der Waals surface area contributed by atoms with Crippen molar-refractivity contribution < 1.29 is 9.59 Å². The fourth-order valence-corrected chi connectivity index (χ4v) is 2.74. The van der Waals surface area contributed by atoms with Crippen molar-refractivity contribution in [1.29, 1.82) is 0 Å². The number of carbonyl (C=O) groups is 2. The standard InChI is InChI=1S/C17H25N3O2/c1-3-10-18-17(22)14-8-4-5-9-15(14)19-16(21)13-7-6-11-20(2)12-13/h4-5,8-9,13H,3,6-7,10-12H2,1-2H3,(H,18,22)(H,19,21)/t13-/m0/s1. The number of para-hydroxylation sites is 1. The van der Waals surface area contributed by atoms with Crippen LogP contribution < -0.4 is 10.6 Å². The molecular weight excluding hydrogens is 278 g/mol. The Kier molecular flexibility index (Phi) is 5.95. The summed E-state index contributed by atoms with van der Waals surface area (Å²) in [7, 11) is 2.03. The van der Waals surface area contributed by atoms with Gasteiger partial charge in [-0.1, -0.05) is 19.1 Å². The molecular formula is C17H25N3O2. The highest BCUT2D eigenvalue weighted by Crippen LogP contribution is 2.20. The van der Waals surface area contributed by atoms with Gasteiger partial charge >= 0.3 is 0 Å². The van der Waals surface area contributed by atoms with Crippen LogP contribution in [0.25, 0.3) is 0 Å². The van der Waals surface area contributed by atoms with Crippen LogP contribution >= 0.6 is 0 Å². The monoisotopic (exact) mass is 303 g/mol. The van der Waals surface area contributed by atoms with E-state index in [1.54, 1.807) is 12.1 Å². The Morgan fingerprint density at radius 2 is 2.09 bits per heavy atom. The van der Waals surface area contributed by atoms with Gasteiger partial charge in [-0.15, -0.1) is 0 Å². The maximum absolute atomic E-state index is 12.4. The molecule has 0 radical (unpaired) electrons. The molecule has 0 unspecified atom stereocenters. The maximum Gasteiger partial charge on any atom is 0.253 e. The number of rotatable bonds is 5. The lowest BCUT2D eigenvalue weighted by atomic mass is 9.97. The van der Waals surface area contributed by atoms with E-state index in [-0.39, 0.29) is 17.7 Å². The largest absolute Gasteiger partial charge is 0.352 e. The first kappa shape index (κ1) is 16.5. The molecule has 1 atom stereocenters. The Morgan fingerprint density at radius 1 is 1.32 bits per heavy atom. The number of piperidine rings is 1. The van der Waals surface area contributed by atoms with Crippen molar-refractivity contribution in [2.75, 3.05) is 32.0 Å². The molecule has 1 fully saturated rings. The fourth-order valence-electron chi connectivity index (χ4n) is 2.74. The van der Waals surface area contributed by atoms with E-state index in [2.05, 4.69) is 15.5 Å². The van der Waals surface area contributed by atoms with Gasteiger partial charge in [0.2, 0.25) is 5.91 Å². The van der Waals surface area contributed by atoms with Crippen molar-refractivity contribution in [3.63, 3.8) is 0 Å². The van der Waals surface area contributed by atoms with Crippen molar-refractivity contribution in [1.82, 2.24) is 10.2 Å². The van der Waals surface area contributed by atoms with Crippen LogP contribution in [-0.2, 0) is 4.79 Å². The van der Waals surface area contributed by atoms with E-state index in [1.807, 2.05) is 26.1 Å². The Labute approximate surface area is 132 Å². The van der Waals surface area contributed by atoms with Gasteiger partial charge in [-0.3, -0.25) is 9.59 Å². The predicted octanol–water partition coefficient (Wildman–Crippen LogP) is 2.11. The number of nitrogens with one attached hydrogen (secondary N) is 2. The maximum atomic E-state index is 12.4. The van der Waals surface area contributed by atoms with Gasteiger partial charge in [0.25, 0.3) is 5.91 Å². The van der Waals surface area contributed by atoms with E-state index >= 15 is 0 Å². The van der Waals surface area contributed by atoms with E-state index in [0.717, 1.165) is 32.4 Å². The summed E-state index contributed by atoms with van der Waals surface area (Å²) in [4.78, 5) is 26.8. The van der Waals surface area contributed by atoms with Crippen molar-refractivity contribution in [2.45, 2.75) is 26.2 Å². The van der Waals surface area contributed by atoms with Gasteiger partial charge in [-0.25, -0.2) is 0 Å². The van der Waals surface area contributed by atoms with Crippen molar-refractivity contribution in [2.24, 2.45) is 5.92 Å². The molecule has 1 aromatic rings. The topological polar surface area (TPSA) is 61.4 Å². The third-order valence-corrected chi connectivity index (χ3v) is 3.96. The molecule has 0 aliphatic carbocycles. The summed E-state index contributed by atoms with van der Waals surface area (Å²) >= 11 is 0. The molecule has 0 bridgehead atoms. The number of benzene rings is 1. The minimum atomic E-state index is -0.140. The van der Waals surface area contributed by atoms with Gasteiger partial charge in [0.1, 0.15) is 0 Å². The SMILES string of the molecule is CCCNC(=O)c1ccccc1NC(=O)[C@H]1CCCN(C)C1. The number of anilines is 1. The molecule has 5 heteroatoms. The molecule has 120 valence electrons. The highest BCUT2D eigenvalue weighted by Gasteiger charge is 2.24. The average Bonchev–Trinajstić information content (AvgIpc) is 2.53. The zero-order valence-electron chi connectivity index (χ0n) is 13.4. The summed E-state index contributed by atoms with van der Waals surface area (Å²) in [5.74, 6) is -0.147. The molecule has 5 nitrogen and oxygen atoms in total. The van der Waals surface area contributed by atoms with E-state index in [1.165, 1.54) is 0 Å². The number of likely N-dealkylation sites (tertiary alicyclic amines) is 1. The third-order valence-electron chi connectivity index (χ3n) is 3.96. The van der Waals surface area contributed by atoms with Crippen molar-refractivity contribution in [3.8, 4) is 0 Å². The molecule has 1 aliphatic rings. The van der Waals surface area contributed by atoms with Gasteiger partial charge in [-0.05, 0) is 45.0 Å². The summed E-state index contributed by atoms with van der Waals surface area (Å²) in [6.07, 6.45) is 2.82. The summed E-state index contributed by atoms with van der Waals surface area (Å²) in [6, 6.07) is 7.17. The van der Waals surface area contributed by atoms with E-state index in [4.69, 9.17) is 0 Å². The lowest BCUT2D eigenvalue weighted by molar-refractivity contribution is -0.121. The van der Waals surface area contributed by atoms with Crippen LogP contribution in [-0.4, -0.2) is 43.4 Å². The second-order valence-electron chi connectivity index (χ2n) is 5.89. The van der Waals surface area contributed by atoms with Gasteiger partial charge in [0, 0.05) is 13.1 Å². The summed E-state index contributed by atoms with van der Waals surface area (Å²) in [6.45, 7) is 4.46. The molecule has 1 aliphatic heterocycles. The lowest BCUT2D eigenvalue weighted by Crippen LogP contribution is -2.38. The molecule has 2 rings (SSSR count). The first-order chi connectivity index (χ1) is 10.6.